The number of nitrogens with one attached hydrogen (secondary N) is 2. The Morgan fingerprint density at radius 2 is 1.30 bits per heavy atom. The zero-order chi connectivity index (χ0) is 67.5. The monoisotopic (exact) mass is 1430 g/mol. The molecule has 26 heteroatoms. The number of carboxylic acid groups (broad SMARTS) is 1. The number of likely N-dealkylation sites (tertiary alicyclic amines) is 2. The van der Waals surface area contributed by atoms with Crippen LogP contribution in [0.2, 0.25) is 0 Å². The van der Waals surface area contributed by atoms with Gasteiger partial charge in [0.15, 0.2) is 0 Å². The van der Waals surface area contributed by atoms with Crippen LogP contribution in [0.1, 0.15) is 106 Å². The van der Waals surface area contributed by atoms with Gasteiger partial charge >= 0.3 is 18.4 Å². The second kappa shape index (κ2) is 34.5. The van der Waals surface area contributed by atoms with Crippen LogP contribution in [0.25, 0.3) is 11.1 Å². The minimum absolute atomic E-state index is 0. The fourth-order valence-electron chi connectivity index (χ4n) is 13.7. The Bertz CT molecular complexity index is 3610. The number of unbranched alkanes of at least 4 members (excludes halogenated alkanes) is 2. The fourth-order valence-corrected chi connectivity index (χ4v) is 13.7. The quantitative estimate of drug-likeness (QED) is 0.0369. The van der Waals surface area contributed by atoms with Crippen molar-refractivity contribution in [3.63, 3.8) is 0 Å². The third-order valence-electron chi connectivity index (χ3n) is 19.3. The molecule has 2 atom stereocenters. The first-order valence-corrected chi connectivity index (χ1v) is 32.4. The van der Waals surface area contributed by atoms with Crippen molar-refractivity contribution < 1.29 is 69.3 Å². The van der Waals surface area contributed by atoms with E-state index in [0.717, 1.165) is 71.7 Å². The predicted octanol–water partition coefficient (Wildman–Crippen LogP) is 13.5. The molecule has 0 unspecified atom stereocenters. The van der Waals surface area contributed by atoms with Gasteiger partial charge in [-0.15, -0.1) is 37.2 Å². The summed E-state index contributed by atoms with van der Waals surface area (Å²) in [7, 11) is 3.49. The SMILES string of the molecule is CN(CCN1CCC(N(C(=O)O)c2ccccc2-c2ccccc2)CC1)C(=O)CCCCCNc1ccc(C(=O)NCCN(C)C(=O)CO[C@H]2Cc3ccccc3C23CCN(CC[C@@]2(c4ccc(F)cc4)CN(C(=O)c4cc(C(F)(F)F)cc(C(F)(F)F)c4)CO2)CC3)cc1.Cl.Cl.Cl. The van der Waals surface area contributed by atoms with E-state index in [0.29, 0.717) is 100 Å². The van der Waals surface area contributed by atoms with Gasteiger partial charge < -0.3 is 49.7 Å². The Morgan fingerprint density at radius 1 is 0.673 bits per heavy atom. The lowest BCUT2D eigenvalue weighted by atomic mass is 9.72. The summed E-state index contributed by atoms with van der Waals surface area (Å²) in [6.07, 6.45) is -5.12. The number of carbonyl (C=O) groups is 5. The van der Waals surface area contributed by atoms with Crippen molar-refractivity contribution in [2.24, 2.45) is 0 Å². The van der Waals surface area contributed by atoms with Crippen LogP contribution in [0.3, 0.4) is 0 Å². The minimum atomic E-state index is -5.15. The Morgan fingerprint density at radius 3 is 1.96 bits per heavy atom. The average Bonchev–Trinajstić information content (AvgIpc) is 1.59. The summed E-state index contributed by atoms with van der Waals surface area (Å²) in [6, 6.07) is 38.7. The molecular formula is C72H84Cl3F7N8O8. The van der Waals surface area contributed by atoms with Crippen LogP contribution >= 0.6 is 37.2 Å². The maximum absolute atomic E-state index is 14.2. The molecule has 1 aliphatic carbocycles. The molecule has 0 aromatic heterocycles. The molecule has 98 heavy (non-hydrogen) atoms. The van der Waals surface area contributed by atoms with Gasteiger partial charge in [0.25, 0.3) is 11.8 Å². The van der Waals surface area contributed by atoms with Crippen molar-refractivity contribution in [3.8, 4) is 11.1 Å². The minimum Gasteiger partial charge on any atom is -0.465 e. The second-order valence-electron chi connectivity index (χ2n) is 25.3. The number of anilines is 2. The van der Waals surface area contributed by atoms with Crippen LogP contribution in [0, 0.1) is 5.82 Å². The van der Waals surface area contributed by atoms with E-state index in [1.165, 1.54) is 34.1 Å². The number of nitrogens with zero attached hydrogens (tertiary/aromatic N) is 6. The number of rotatable bonds is 25. The number of benzene rings is 6. The summed E-state index contributed by atoms with van der Waals surface area (Å²) in [4.78, 5) is 76.6. The highest BCUT2D eigenvalue weighted by molar-refractivity contribution is 5.96. The lowest BCUT2D eigenvalue weighted by Crippen LogP contribution is -2.50. The van der Waals surface area contributed by atoms with Gasteiger partial charge in [-0.1, -0.05) is 91.3 Å². The number of hydrogen-bond acceptors (Lipinski definition) is 10. The number of hydrogen-bond donors (Lipinski definition) is 3. The van der Waals surface area contributed by atoms with Crippen LogP contribution in [0.5, 0.6) is 0 Å². The molecule has 3 heterocycles. The molecule has 5 amide bonds. The van der Waals surface area contributed by atoms with Gasteiger partial charge in [0.05, 0.1) is 29.5 Å². The van der Waals surface area contributed by atoms with E-state index in [4.69, 9.17) is 9.47 Å². The summed E-state index contributed by atoms with van der Waals surface area (Å²) in [5.41, 5.74) is 0.907. The molecule has 6 aromatic carbocycles. The molecule has 0 radical (unpaired) electrons. The standard InChI is InChI=1S/C72H81F7N8O8.3ClH/c1-82(40-34-81-66(90)51-20-26-58(27-21-51)80-33-12-4-7-19-64(88)83(2)41-42-84-35-28-59(29-36-84)87(68(92)93)62-18-11-9-16-60(62)50-13-5-3-6-14-50)65(89)47-94-63-45-52-15-8-10-17-61(52)69(63)30-37-85(38-31-69)39-32-70(54-22-24-57(73)25-23-54)48-86(49-95-70)67(91)53-43-55(71(74,75)76)46-56(44-53)72(77,78)79;;;/h3,5-6,8-11,13-18,20-27,43-44,46,59,63,80H,4,7,12,19,28-42,45,47-49H2,1-2H3,(H,81,90)(H,92,93);3*1H/t63-,70-;;;/m0.../s1. The van der Waals surface area contributed by atoms with Gasteiger partial charge in [0, 0.05) is 107 Å². The van der Waals surface area contributed by atoms with E-state index in [2.05, 4.69) is 32.6 Å². The number of piperidine rings is 2. The first-order valence-electron chi connectivity index (χ1n) is 32.4. The highest BCUT2D eigenvalue weighted by atomic mass is 35.5. The molecule has 530 valence electrons. The number of alkyl halides is 6. The van der Waals surface area contributed by atoms with E-state index < -0.39 is 64.6 Å². The van der Waals surface area contributed by atoms with Gasteiger partial charge in [-0.25, -0.2) is 9.18 Å². The van der Waals surface area contributed by atoms with Crippen molar-refractivity contribution in [1.29, 1.82) is 0 Å². The topological polar surface area (TPSA) is 168 Å². The second-order valence-corrected chi connectivity index (χ2v) is 25.3. The van der Waals surface area contributed by atoms with Gasteiger partial charge in [0.2, 0.25) is 11.8 Å². The number of ether oxygens (including phenoxy) is 2. The molecule has 6 aromatic rings. The Labute approximate surface area is 585 Å². The Hall–Kier alpha value is -7.51. The largest absolute Gasteiger partial charge is 0.465 e. The van der Waals surface area contributed by atoms with E-state index in [1.807, 2.05) is 85.9 Å². The van der Waals surface area contributed by atoms with Gasteiger partial charge in [0.1, 0.15) is 24.8 Å². The Balaban J connectivity index is 0.00000451. The molecule has 10 rings (SSSR count). The summed E-state index contributed by atoms with van der Waals surface area (Å²) < 4.78 is 110. The summed E-state index contributed by atoms with van der Waals surface area (Å²) in [5, 5.41) is 16.6. The first kappa shape index (κ1) is 77.8. The number of fused-ring (bicyclic) bond motifs is 2. The van der Waals surface area contributed by atoms with Gasteiger partial charge in [-0.2, -0.15) is 26.3 Å². The highest BCUT2D eigenvalue weighted by Gasteiger charge is 2.50. The number of likely N-dealkylation sites (N-methyl/N-ethyl adjacent to an activating group) is 2. The first-order chi connectivity index (χ1) is 45.5. The van der Waals surface area contributed by atoms with E-state index in [1.54, 1.807) is 24.1 Å². The molecule has 0 saturated carbocycles. The number of halogens is 10. The normalized spacial score (nSPS) is 17.8. The van der Waals surface area contributed by atoms with Crippen LogP contribution in [0.4, 0.5) is 46.9 Å². The molecule has 4 aliphatic rings. The molecule has 3 N–H and O–H groups in total. The molecule has 1 spiro atoms. The number of para-hydroxylation sites is 1. The summed E-state index contributed by atoms with van der Waals surface area (Å²) >= 11 is 0. The molecule has 0 bridgehead atoms. The van der Waals surface area contributed by atoms with Crippen LogP contribution < -0.4 is 15.5 Å². The number of amides is 5. The highest BCUT2D eigenvalue weighted by Crippen LogP contribution is 2.49. The number of carbonyl (C=O) groups excluding carboxylic acids is 4. The summed E-state index contributed by atoms with van der Waals surface area (Å²) in [6.45, 7) is 4.70. The maximum Gasteiger partial charge on any atom is 0.416 e. The molecular weight excluding hydrogens is 1340 g/mol. The van der Waals surface area contributed by atoms with Crippen LogP contribution in [0.15, 0.2) is 146 Å². The van der Waals surface area contributed by atoms with Gasteiger partial charge in [-0.05, 0) is 147 Å². The summed E-state index contributed by atoms with van der Waals surface area (Å²) in [5.74, 6) is -2.06. The Kier molecular flexibility index (Phi) is 27.4. The average molecular weight is 1430 g/mol. The zero-order valence-corrected chi connectivity index (χ0v) is 57.1. The van der Waals surface area contributed by atoms with Crippen molar-refractivity contribution in [2.45, 2.75) is 99.7 Å². The van der Waals surface area contributed by atoms with Crippen molar-refractivity contribution >= 4 is 78.3 Å². The molecule has 16 nitrogen and oxygen atoms in total. The van der Waals surface area contributed by atoms with Crippen LogP contribution in [-0.2, 0) is 48.9 Å². The third-order valence-corrected chi connectivity index (χ3v) is 19.3. The van der Waals surface area contributed by atoms with E-state index in [9.17, 15) is 59.8 Å². The van der Waals surface area contributed by atoms with E-state index in [-0.39, 0.29) is 106 Å². The van der Waals surface area contributed by atoms with Crippen molar-refractivity contribution in [3.05, 3.63) is 190 Å². The van der Waals surface area contributed by atoms with Crippen molar-refractivity contribution in [1.82, 2.24) is 29.8 Å². The van der Waals surface area contributed by atoms with Gasteiger partial charge in [-0.3, -0.25) is 24.1 Å². The zero-order valence-electron chi connectivity index (χ0n) is 54.6. The van der Waals surface area contributed by atoms with E-state index >= 15 is 0 Å². The van der Waals surface area contributed by atoms with Crippen molar-refractivity contribution in [2.75, 3.05) is 110 Å². The van der Waals surface area contributed by atoms with Crippen LogP contribution in [-0.4, -0.2) is 171 Å². The molecule has 3 saturated heterocycles. The fraction of sp³-hybridized carbons (Fsp3) is 0.431. The maximum atomic E-state index is 14.2. The molecule has 3 fully saturated rings. The molecule has 3 aliphatic heterocycles. The smallest absolute Gasteiger partial charge is 0.416 e. The lowest BCUT2D eigenvalue weighted by molar-refractivity contribution is -0.143. The predicted molar refractivity (Wildman–Crippen MR) is 368 cm³/mol. The lowest BCUT2D eigenvalue weighted by Gasteiger charge is -2.44. The third kappa shape index (κ3) is 19.1.